The monoisotopic (exact) mass is 289 g/mol. The molecule has 1 saturated heterocycles. The van der Waals surface area contributed by atoms with Gasteiger partial charge in [0.15, 0.2) is 0 Å². The smallest absolute Gasteiger partial charge is 0.254 e. The van der Waals surface area contributed by atoms with Crippen LogP contribution in [-0.2, 0) is 0 Å². The molecule has 2 rings (SSSR count). The number of hydrogen-bond donors (Lipinski definition) is 1. The molecule has 1 N–H and O–H groups in total. The lowest BCUT2D eigenvalue weighted by Gasteiger charge is -2.34. The van der Waals surface area contributed by atoms with Crippen molar-refractivity contribution in [3.8, 4) is 0 Å². The lowest BCUT2D eigenvalue weighted by molar-refractivity contribution is 0.0656. The van der Waals surface area contributed by atoms with Crippen LogP contribution in [0.5, 0.6) is 0 Å². The summed E-state index contributed by atoms with van der Waals surface area (Å²) in [6, 6.07) is 8.27. The van der Waals surface area contributed by atoms with E-state index in [1.54, 1.807) is 0 Å². The highest BCUT2D eigenvalue weighted by molar-refractivity contribution is 5.94. The lowest BCUT2D eigenvalue weighted by Crippen LogP contribution is -2.52. The molecule has 1 heterocycles. The molecule has 0 radical (unpaired) electrons. The molecule has 0 saturated carbocycles. The molecular formula is C17H27N3O. The number of benzene rings is 1. The second-order valence-corrected chi connectivity index (χ2v) is 5.87. The third-order valence-electron chi connectivity index (χ3n) is 4.16. The summed E-state index contributed by atoms with van der Waals surface area (Å²) in [5.74, 6) is 0.145. The maximum Gasteiger partial charge on any atom is 0.254 e. The Morgan fingerprint density at radius 1 is 1.38 bits per heavy atom. The highest BCUT2D eigenvalue weighted by Crippen LogP contribution is 2.17. The van der Waals surface area contributed by atoms with Gasteiger partial charge in [0, 0.05) is 50.5 Å². The fourth-order valence-corrected chi connectivity index (χ4v) is 2.69. The average molecular weight is 289 g/mol. The average Bonchev–Trinajstić information content (AvgIpc) is 2.52. The standard InChI is InChI=1S/C17H27N3O/c1-4-5-11-19(3)16-8-6-15(7-9-16)17(21)20-12-10-18-13-14(20)2/h6-9,14,18H,4-5,10-13H2,1-3H3. The van der Waals surface area contributed by atoms with E-state index >= 15 is 0 Å². The van der Waals surface area contributed by atoms with Crippen LogP contribution in [0.25, 0.3) is 0 Å². The Kier molecular flexibility index (Phi) is 5.62. The van der Waals surface area contributed by atoms with E-state index < -0.39 is 0 Å². The number of carbonyl (C=O) groups excluding carboxylic acids is 1. The highest BCUT2D eigenvalue weighted by Gasteiger charge is 2.23. The number of rotatable bonds is 5. The van der Waals surface area contributed by atoms with Crippen LogP contribution in [0, 0.1) is 0 Å². The van der Waals surface area contributed by atoms with Gasteiger partial charge in [0.1, 0.15) is 0 Å². The van der Waals surface area contributed by atoms with Crippen molar-refractivity contribution >= 4 is 11.6 Å². The van der Waals surface area contributed by atoms with Crippen LogP contribution in [0.15, 0.2) is 24.3 Å². The van der Waals surface area contributed by atoms with Crippen LogP contribution >= 0.6 is 0 Å². The first-order chi connectivity index (χ1) is 10.1. The molecule has 0 aromatic heterocycles. The Morgan fingerprint density at radius 3 is 2.71 bits per heavy atom. The first-order valence-corrected chi connectivity index (χ1v) is 7.96. The quantitative estimate of drug-likeness (QED) is 0.904. The van der Waals surface area contributed by atoms with Gasteiger partial charge in [-0.3, -0.25) is 4.79 Å². The Bertz CT molecular complexity index is 458. The largest absolute Gasteiger partial charge is 0.375 e. The molecular weight excluding hydrogens is 262 g/mol. The summed E-state index contributed by atoms with van der Waals surface area (Å²) in [4.78, 5) is 16.8. The molecule has 1 aliphatic heterocycles. The fourth-order valence-electron chi connectivity index (χ4n) is 2.69. The molecule has 4 nitrogen and oxygen atoms in total. The molecule has 0 aliphatic carbocycles. The van der Waals surface area contributed by atoms with Crippen LogP contribution in [0.1, 0.15) is 37.0 Å². The molecule has 1 atom stereocenters. The van der Waals surface area contributed by atoms with Crippen molar-refractivity contribution < 1.29 is 4.79 Å². The minimum atomic E-state index is 0.145. The van der Waals surface area contributed by atoms with Gasteiger partial charge in [0.05, 0.1) is 0 Å². The molecule has 1 unspecified atom stereocenters. The summed E-state index contributed by atoms with van der Waals surface area (Å²) in [5, 5.41) is 3.31. The van der Waals surface area contributed by atoms with Gasteiger partial charge in [-0.2, -0.15) is 0 Å². The lowest BCUT2D eigenvalue weighted by atomic mass is 10.1. The third kappa shape index (κ3) is 3.97. The van der Waals surface area contributed by atoms with Crippen LogP contribution in [0.4, 0.5) is 5.69 Å². The van der Waals surface area contributed by atoms with Gasteiger partial charge in [0.25, 0.3) is 5.91 Å². The minimum Gasteiger partial charge on any atom is -0.375 e. The number of nitrogens with zero attached hydrogens (tertiary/aromatic N) is 2. The minimum absolute atomic E-state index is 0.145. The van der Waals surface area contributed by atoms with Crippen molar-refractivity contribution in [3.05, 3.63) is 29.8 Å². The molecule has 4 heteroatoms. The van der Waals surface area contributed by atoms with E-state index in [2.05, 4.69) is 43.2 Å². The molecule has 116 valence electrons. The maximum absolute atomic E-state index is 12.5. The summed E-state index contributed by atoms with van der Waals surface area (Å²) in [5.41, 5.74) is 1.96. The fraction of sp³-hybridized carbons (Fsp3) is 0.588. The van der Waals surface area contributed by atoms with Crippen molar-refractivity contribution in [3.63, 3.8) is 0 Å². The maximum atomic E-state index is 12.5. The zero-order valence-electron chi connectivity index (χ0n) is 13.4. The van der Waals surface area contributed by atoms with E-state index in [4.69, 9.17) is 0 Å². The molecule has 1 aliphatic rings. The number of carbonyl (C=O) groups is 1. The van der Waals surface area contributed by atoms with Crippen LogP contribution < -0.4 is 10.2 Å². The van der Waals surface area contributed by atoms with Gasteiger partial charge in [-0.1, -0.05) is 13.3 Å². The summed E-state index contributed by atoms with van der Waals surface area (Å²) < 4.78 is 0. The van der Waals surface area contributed by atoms with E-state index in [0.29, 0.717) is 0 Å². The molecule has 21 heavy (non-hydrogen) atoms. The number of nitrogens with one attached hydrogen (secondary N) is 1. The summed E-state index contributed by atoms with van der Waals surface area (Å²) >= 11 is 0. The van der Waals surface area contributed by atoms with Crippen molar-refractivity contribution in [1.29, 1.82) is 0 Å². The SMILES string of the molecule is CCCCN(C)c1ccc(C(=O)N2CCNCC2C)cc1. The topological polar surface area (TPSA) is 35.6 Å². The van der Waals surface area contributed by atoms with E-state index in [1.807, 2.05) is 17.0 Å². The predicted octanol–water partition coefficient (Wildman–Crippen LogP) is 2.36. The molecule has 1 aromatic carbocycles. The Morgan fingerprint density at radius 2 is 2.10 bits per heavy atom. The predicted molar refractivity (Wildman–Crippen MR) is 88.0 cm³/mol. The van der Waals surface area contributed by atoms with Crippen molar-refractivity contribution in [2.45, 2.75) is 32.7 Å². The van der Waals surface area contributed by atoms with Gasteiger partial charge >= 0.3 is 0 Å². The summed E-state index contributed by atoms with van der Waals surface area (Å²) in [7, 11) is 2.10. The van der Waals surface area contributed by atoms with E-state index in [0.717, 1.165) is 31.7 Å². The van der Waals surface area contributed by atoms with Crippen molar-refractivity contribution in [2.24, 2.45) is 0 Å². The van der Waals surface area contributed by atoms with E-state index in [9.17, 15) is 4.79 Å². The number of amides is 1. The Labute approximate surface area is 128 Å². The zero-order valence-corrected chi connectivity index (χ0v) is 13.4. The first-order valence-electron chi connectivity index (χ1n) is 7.96. The normalized spacial score (nSPS) is 18.6. The second-order valence-electron chi connectivity index (χ2n) is 5.87. The van der Waals surface area contributed by atoms with Crippen molar-refractivity contribution in [2.75, 3.05) is 38.1 Å². The molecule has 1 fully saturated rings. The molecule has 1 amide bonds. The van der Waals surface area contributed by atoms with Gasteiger partial charge in [-0.15, -0.1) is 0 Å². The van der Waals surface area contributed by atoms with Crippen LogP contribution in [0.3, 0.4) is 0 Å². The number of unbranched alkanes of at least 4 members (excludes halogenated alkanes) is 1. The zero-order chi connectivity index (χ0) is 15.2. The van der Waals surface area contributed by atoms with Gasteiger partial charge in [-0.25, -0.2) is 0 Å². The molecule has 0 spiro atoms. The summed E-state index contributed by atoms with van der Waals surface area (Å²) in [6.45, 7) is 7.90. The molecule has 0 bridgehead atoms. The van der Waals surface area contributed by atoms with E-state index in [1.165, 1.54) is 18.5 Å². The Hall–Kier alpha value is -1.55. The number of anilines is 1. The Balaban J connectivity index is 2.02. The van der Waals surface area contributed by atoms with E-state index in [-0.39, 0.29) is 11.9 Å². The van der Waals surface area contributed by atoms with Crippen LogP contribution in [0.2, 0.25) is 0 Å². The van der Waals surface area contributed by atoms with Crippen molar-refractivity contribution in [1.82, 2.24) is 10.2 Å². The second kappa shape index (κ2) is 7.46. The number of piperazine rings is 1. The third-order valence-corrected chi connectivity index (χ3v) is 4.16. The number of hydrogen-bond acceptors (Lipinski definition) is 3. The van der Waals surface area contributed by atoms with Gasteiger partial charge < -0.3 is 15.1 Å². The van der Waals surface area contributed by atoms with Gasteiger partial charge in [-0.05, 0) is 37.6 Å². The highest BCUT2D eigenvalue weighted by atomic mass is 16.2. The molecule has 1 aromatic rings. The van der Waals surface area contributed by atoms with Gasteiger partial charge in [0.2, 0.25) is 0 Å². The summed E-state index contributed by atoms with van der Waals surface area (Å²) in [6.07, 6.45) is 2.39. The first kappa shape index (κ1) is 15.8. The van der Waals surface area contributed by atoms with Crippen LogP contribution in [-0.4, -0.2) is 50.1 Å².